The second-order valence-electron chi connectivity index (χ2n) is 4.41. The quantitative estimate of drug-likeness (QED) is 0.762. The molecule has 3 aromatic rings. The third-order valence-corrected chi connectivity index (χ3v) is 3.48. The van der Waals surface area contributed by atoms with Crippen molar-refractivity contribution in [2.75, 3.05) is 0 Å². The Labute approximate surface area is 128 Å². The minimum absolute atomic E-state index is 0.223. The molecule has 0 atom stereocenters. The van der Waals surface area contributed by atoms with Gasteiger partial charge in [-0.25, -0.2) is 9.78 Å². The number of carbonyl (C=O) groups is 1. The van der Waals surface area contributed by atoms with Crippen molar-refractivity contribution in [3.63, 3.8) is 0 Å². The normalized spacial score (nSPS) is 11.3. The molecule has 0 amide bonds. The highest BCUT2D eigenvalue weighted by Gasteiger charge is 2.11. The summed E-state index contributed by atoms with van der Waals surface area (Å²) in [6.07, 6.45) is 5.05. The maximum absolute atomic E-state index is 11.4. The van der Waals surface area contributed by atoms with Crippen molar-refractivity contribution in [2.24, 2.45) is 0 Å². The zero-order valence-electron chi connectivity index (χ0n) is 10.8. The first-order chi connectivity index (χ1) is 10.1. The van der Waals surface area contributed by atoms with Crippen LogP contribution in [0.1, 0.15) is 21.8 Å². The van der Waals surface area contributed by atoms with E-state index in [2.05, 4.69) is 20.9 Å². The number of carboxylic acid groups (broad SMARTS) is 1. The molecule has 21 heavy (non-hydrogen) atoms. The Morgan fingerprint density at radius 3 is 2.81 bits per heavy atom. The van der Waals surface area contributed by atoms with E-state index >= 15 is 0 Å². The minimum Gasteiger partial charge on any atom is -0.478 e. The molecule has 0 spiro atoms. The lowest BCUT2D eigenvalue weighted by atomic mass is 10.1. The number of hydrogen-bond acceptors (Lipinski definition) is 3. The van der Waals surface area contributed by atoms with Crippen LogP contribution in [0.25, 0.3) is 23.1 Å². The molecule has 0 aliphatic carbocycles. The van der Waals surface area contributed by atoms with Gasteiger partial charge in [-0.2, -0.15) is 0 Å². The topological polar surface area (TPSA) is 63.3 Å². The van der Waals surface area contributed by atoms with E-state index in [1.807, 2.05) is 12.1 Å². The van der Waals surface area contributed by atoms with Gasteiger partial charge < -0.3 is 9.52 Å². The summed E-state index contributed by atoms with van der Waals surface area (Å²) in [4.78, 5) is 15.9. The Bertz CT molecular complexity index is 838. The molecular formula is C16H10BrNO3. The lowest BCUT2D eigenvalue weighted by Crippen LogP contribution is -2.00. The van der Waals surface area contributed by atoms with Crippen LogP contribution >= 0.6 is 15.9 Å². The average Bonchev–Trinajstić information content (AvgIpc) is 2.97. The van der Waals surface area contributed by atoms with E-state index in [0.717, 1.165) is 4.47 Å². The van der Waals surface area contributed by atoms with Crippen molar-refractivity contribution >= 4 is 45.0 Å². The number of halogens is 1. The second kappa shape index (κ2) is 5.54. The first-order valence-electron chi connectivity index (χ1n) is 6.19. The molecule has 0 radical (unpaired) electrons. The summed E-state index contributed by atoms with van der Waals surface area (Å²) in [5, 5.41) is 9.97. The fourth-order valence-electron chi connectivity index (χ4n) is 2.03. The zero-order chi connectivity index (χ0) is 14.8. The number of rotatable bonds is 3. The molecule has 104 valence electrons. The molecule has 0 aliphatic heterocycles. The number of hydrogen-bond donors (Lipinski definition) is 1. The SMILES string of the molecule is O=C(O)c1cc(C=Cc2ccco2)nc2ccc(Br)cc12. The predicted molar refractivity (Wildman–Crippen MR) is 84.0 cm³/mol. The molecule has 0 saturated carbocycles. The Kier molecular flexibility index (Phi) is 3.58. The molecular weight excluding hydrogens is 334 g/mol. The summed E-state index contributed by atoms with van der Waals surface area (Å²) < 4.78 is 6.02. The maximum atomic E-state index is 11.4. The monoisotopic (exact) mass is 343 g/mol. The molecule has 4 nitrogen and oxygen atoms in total. The molecule has 0 bridgehead atoms. The van der Waals surface area contributed by atoms with Crippen LogP contribution in [0.15, 0.2) is 51.6 Å². The third kappa shape index (κ3) is 2.87. The molecule has 1 N–H and O–H groups in total. The Morgan fingerprint density at radius 1 is 1.24 bits per heavy atom. The number of benzene rings is 1. The van der Waals surface area contributed by atoms with Gasteiger partial charge in [0, 0.05) is 9.86 Å². The molecule has 1 aromatic carbocycles. The number of pyridine rings is 1. The minimum atomic E-state index is -0.979. The third-order valence-electron chi connectivity index (χ3n) is 2.98. The molecule has 2 heterocycles. The Morgan fingerprint density at radius 2 is 2.10 bits per heavy atom. The van der Waals surface area contributed by atoms with Crippen LogP contribution in [-0.4, -0.2) is 16.1 Å². The summed E-state index contributed by atoms with van der Waals surface area (Å²) in [6, 6.07) is 10.5. The largest absolute Gasteiger partial charge is 0.478 e. The van der Waals surface area contributed by atoms with Crippen molar-refractivity contribution in [2.45, 2.75) is 0 Å². The van der Waals surface area contributed by atoms with Gasteiger partial charge in [-0.05, 0) is 48.6 Å². The van der Waals surface area contributed by atoms with Gasteiger partial charge in [0.05, 0.1) is 23.0 Å². The molecule has 5 heteroatoms. The summed E-state index contributed by atoms with van der Waals surface area (Å²) in [7, 11) is 0. The highest BCUT2D eigenvalue weighted by Crippen LogP contribution is 2.23. The molecule has 2 aromatic heterocycles. The van der Waals surface area contributed by atoms with Gasteiger partial charge in [0.15, 0.2) is 0 Å². The van der Waals surface area contributed by atoms with Crippen LogP contribution in [-0.2, 0) is 0 Å². The molecule has 0 saturated heterocycles. The predicted octanol–water partition coefficient (Wildman–Crippen LogP) is 4.46. The van der Waals surface area contributed by atoms with E-state index in [1.165, 1.54) is 0 Å². The zero-order valence-corrected chi connectivity index (χ0v) is 12.4. The van der Waals surface area contributed by atoms with Crippen LogP contribution in [0, 0.1) is 0 Å². The van der Waals surface area contributed by atoms with Gasteiger partial charge in [-0.1, -0.05) is 15.9 Å². The highest BCUT2D eigenvalue weighted by atomic mass is 79.9. The van der Waals surface area contributed by atoms with Crippen molar-refractivity contribution < 1.29 is 14.3 Å². The van der Waals surface area contributed by atoms with E-state index < -0.39 is 5.97 Å². The van der Waals surface area contributed by atoms with Gasteiger partial charge in [-0.15, -0.1) is 0 Å². The summed E-state index contributed by atoms with van der Waals surface area (Å²) in [5.74, 6) is -0.294. The Balaban J connectivity index is 2.12. The fourth-order valence-corrected chi connectivity index (χ4v) is 2.40. The number of carboxylic acids is 1. The summed E-state index contributed by atoms with van der Waals surface area (Å²) in [5.41, 5.74) is 1.43. The van der Waals surface area contributed by atoms with E-state index in [-0.39, 0.29) is 5.56 Å². The van der Waals surface area contributed by atoms with Crippen molar-refractivity contribution in [1.29, 1.82) is 0 Å². The van der Waals surface area contributed by atoms with Gasteiger partial charge >= 0.3 is 5.97 Å². The average molecular weight is 344 g/mol. The number of aromatic carboxylic acids is 1. The molecule has 0 aliphatic rings. The van der Waals surface area contributed by atoms with E-state index in [0.29, 0.717) is 22.4 Å². The summed E-state index contributed by atoms with van der Waals surface area (Å²) in [6.45, 7) is 0. The van der Waals surface area contributed by atoms with E-state index in [1.54, 1.807) is 42.7 Å². The van der Waals surface area contributed by atoms with Crippen molar-refractivity contribution in [1.82, 2.24) is 4.98 Å². The fraction of sp³-hybridized carbons (Fsp3) is 0. The molecule has 3 rings (SSSR count). The summed E-state index contributed by atoms with van der Waals surface area (Å²) >= 11 is 3.34. The van der Waals surface area contributed by atoms with Crippen molar-refractivity contribution in [3.05, 3.63) is 64.2 Å². The van der Waals surface area contributed by atoms with Gasteiger partial charge in [0.25, 0.3) is 0 Å². The molecule has 0 unspecified atom stereocenters. The van der Waals surface area contributed by atoms with Crippen molar-refractivity contribution in [3.8, 4) is 0 Å². The van der Waals surface area contributed by atoms with Crippen LogP contribution in [0.3, 0.4) is 0 Å². The first-order valence-corrected chi connectivity index (χ1v) is 6.98. The maximum Gasteiger partial charge on any atom is 0.336 e. The smallest absolute Gasteiger partial charge is 0.336 e. The van der Waals surface area contributed by atoms with Crippen LogP contribution in [0.4, 0.5) is 0 Å². The van der Waals surface area contributed by atoms with Gasteiger partial charge in [0.2, 0.25) is 0 Å². The number of nitrogens with zero attached hydrogens (tertiary/aromatic N) is 1. The van der Waals surface area contributed by atoms with Crippen LogP contribution in [0.2, 0.25) is 0 Å². The highest BCUT2D eigenvalue weighted by molar-refractivity contribution is 9.10. The van der Waals surface area contributed by atoms with Crippen LogP contribution < -0.4 is 0 Å². The van der Waals surface area contributed by atoms with E-state index in [4.69, 9.17) is 4.42 Å². The number of aromatic nitrogens is 1. The number of furan rings is 1. The lowest BCUT2D eigenvalue weighted by molar-refractivity contribution is 0.0699. The van der Waals surface area contributed by atoms with E-state index in [9.17, 15) is 9.90 Å². The van der Waals surface area contributed by atoms with Crippen LogP contribution in [0.5, 0.6) is 0 Å². The second-order valence-corrected chi connectivity index (χ2v) is 5.33. The van der Waals surface area contributed by atoms with Gasteiger partial charge in [0.1, 0.15) is 5.76 Å². The standard InChI is InChI=1S/C16H10BrNO3/c17-10-3-6-15-13(8-10)14(16(19)20)9-11(18-15)4-5-12-2-1-7-21-12/h1-9H,(H,19,20). The Hall–Kier alpha value is -2.40. The number of fused-ring (bicyclic) bond motifs is 1. The van der Waals surface area contributed by atoms with Gasteiger partial charge in [-0.3, -0.25) is 0 Å². The first kappa shape index (κ1) is 13.6. The lowest BCUT2D eigenvalue weighted by Gasteiger charge is -2.05. The molecule has 0 fully saturated rings.